The van der Waals surface area contributed by atoms with Crippen LogP contribution in [0.3, 0.4) is 0 Å². The zero-order valence-corrected chi connectivity index (χ0v) is 19.6. The normalized spacial score (nSPS) is 31.6. The van der Waals surface area contributed by atoms with Gasteiger partial charge in [-0.2, -0.15) is 0 Å². The lowest BCUT2D eigenvalue weighted by Gasteiger charge is -2.43. The second kappa shape index (κ2) is 12.0. The van der Waals surface area contributed by atoms with Crippen LogP contribution in [0.15, 0.2) is 12.2 Å². The van der Waals surface area contributed by atoms with Gasteiger partial charge in [0.2, 0.25) is 5.91 Å². The second-order valence-electron chi connectivity index (χ2n) is 9.17. The highest BCUT2D eigenvalue weighted by atomic mass is 16.7. The van der Waals surface area contributed by atoms with E-state index < -0.39 is 5.79 Å². The molecular formula is C23H43NO5. The van der Waals surface area contributed by atoms with Crippen LogP contribution in [0.5, 0.6) is 0 Å². The Morgan fingerprint density at radius 3 is 2.45 bits per heavy atom. The van der Waals surface area contributed by atoms with Crippen LogP contribution in [0, 0.1) is 11.3 Å². The Hall–Kier alpha value is -0.950. The summed E-state index contributed by atoms with van der Waals surface area (Å²) in [4.78, 5) is 12.4. The SMILES string of the molecule is C=C1C[C@@](CC(=O)NCC2CCC(C)(C)CO2)(OC)OC(C)C1C.CCCOC. The number of ether oxygens (including phenoxy) is 4. The van der Waals surface area contributed by atoms with Gasteiger partial charge in [-0.25, -0.2) is 0 Å². The quantitative estimate of drug-likeness (QED) is 0.637. The van der Waals surface area contributed by atoms with Crippen molar-refractivity contribution >= 4 is 5.91 Å². The van der Waals surface area contributed by atoms with Crippen LogP contribution < -0.4 is 5.32 Å². The molecule has 2 saturated heterocycles. The zero-order chi connectivity index (χ0) is 22.1. The molecule has 0 aromatic carbocycles. The third-order valence-electron chi connectivity index (χ3n) is 5.84. The zero-order valence-electron chi connectivity index (χ0n) is 19.6. The number of rotatable bonds is 7. The Balaban J connectivity index is 0.000000749. The van der Waals surface area contributed by atoms with E-state index in [0.717, 1.165) is 38.0 Å². The summed E-state index contributed by atoms with van der Waals surface area (Å²) in [5.74, 6) is -0.696. The largest absolute Gasteiger partial charge is 0.385 e. The lowest BCUT2D eigenvalue weighted by atomic mass is 9.85. The number of hydrogen-bond donors (Lipinski definition) is 1. The molecule has 0 aliphatic carbocycles. The van der Waals surface area contributed by atoms with E-state index in [0.29, 0.717) is 13.0 Å². The summed E-state index contributed by atoms with van der Waals surface area (Å²) in [6, 6.07) is 0. The molecule has 6 heteroatoms. The molecule has 2 aliphatic heterocycles. The predicted octanol–water partition coefficient (Wildman–Crippen LogP) is 4.08. The van der Waals surface area contributed by atoms with E-state index >= 15 is 0 Å². The number of carbonyl (C=O) groups is 1. The third-order valence-corrected chi connectivity index (χ3v) is 5.84. The molecule has 0 saturated carbocycles. The number of nitrogens with one attached hydrogen (secondary N) is 1. The van der Waals surface area contributed by atoms with Crippen molar-refractivity contribution in [1.29, 1.82) is 0 Å². The van der Waals surface area contributed by atoms with Crippen molar-refractivity contribution in [2.75, 3.05) is 34.0 Å². The molecule has 6 nitrogen and oxygen atoms in total. The second-order valence-corrected chi connectivity index (χ2v) is 9.17. The van der Waals surface area contributed by atoms with E-state index in [4.69, 9.17) is 18.9 Å². The van der Waals surface area contributed by atoms with Gasteiger partial charge in [0.1, 0.15) is 0 Å². The van der Waals surface area contributed by atoms with Crippen LogP contribution in [0.25, 0.3) is 0 Å². The minimum Gasteiger partial charge on any atom is -0.385 e. The summed E-state index contributed by atoms with van der Waals surface area (Å²) in [6.07, 6.45) is 4.04. The molecule has 2 aliphatic rings. The molecule has 3 unspecified atom stereocenters. The Kier molecular flexibility index (Phi) is 10.8. The van der Waals surface area contributed by atoms with Crippen molar-refractivity contribution in [2.45, 2.75) is 84.7 Å². The monoisotopic (exact) mass is 413 g/mol. The fourth-order valence-electron chi connectivity index (χ4n) is 3.57. The summed E-state index contributed by atoms with van der Waals surface area (Å²) in [6.45, 7) is 16.9. The highest BCUT2D eigenvalue weighted by molar-refractivity contribution is 5.77. The molecule has 2 heterocycles. The first-order valence-electron chi connectivity index (χ1n) is 10.9. The van der Waals surface area contributed by atoms with E-state index in [1.54, 1.807) is 14.2 Å². The summed E-state index contributed by atoms with van der Waals surface area (Å²) in [5, 5.41) is 2.97. The van der Waals surface area contributed by atoms with E-state index in [2.05, 4.69) is 39.6 Å². The van der Waals surface area contributed by atoms with Gasteiger partial charge in [-0.3, -0.25) is 4.79 Å². The molecule has 0 aromatic rings. The van der Waals surface area contributed by atoms with E-state index in [-0.39, 0.29) is 35.9 Å². The van der Waals surface area contributed by atoms with Crippen molar-refractivity contribution in [3.63, 3.8) is 0 Å². The van der Waals surface area contributed by atoms with Crippen LogP contribution >= 0.6 is 0 Å². The molecule has 1 amide bonds. The topological polar surface area (TPSA) is 66.0 Å². The molecule has 2 rings (SSSR count). The van der Waals surface area contributed by atoms with Crippen molar-refractivity contribution in [2.24, 2.45) is 11.3 Å². The maximum atomic E-state index is 12.4. The average molecular weight is 414 g/mol. The molecule has 0 bridgehead atoms. The first-order chi connectivity index (χ1) is 13.6. The van der Waals surface area contributed by atoms with Gasteiger partial charge < -0.3 is 24.3 Å². The Morgan fingerprint density at radius 1 is 1.31 bits per heavy atom. The van der Waals surface area contributed by atoms with Crippen LogP contribution in [0.4, 0.5) is 0 Å². The first-order valence-corrected chi connectivity index (χ1v) is 10.9. The number of hydrogen-bond acceptors (Lipinski definition) is 5. The van der Waals surface area contributed by atoms with Gasteiger partial charge in [0.15, 0.2) is 5.79 Å². The van der Waals surface area contributed by atoms with Crippen molar-refractivity contribution < 1.29 is 23.7 Å². The van der Waals surface area contributed by atoms with Crippen LogP contribution in [0.2, 0.25) is 0 Å². The van der Waals surface area contributed by atoms with Gasteiger partial charge in [-0.15, -0.1) is 0 Å². The summed E-state index contributed by atoms with van der Waals surface area (Å²) in [7, 11) is 3.30. The standard InChI is InChI=1S/C19H33NO4.C4H10O/c1-13-9-19(22-6,24-15(3)14(13)2)10-17(21)20-11-16-7-8-18(4,5)12-23-16;1-3-4-5-2/h14-16H,1,7-12H2,2-6H3,(H,20,21);3-4H2,1-2H3/t14?,15?,16?,19-;/m1./s1. The lowest BCUT2D eigenvalue weighted by molar-refractivity contribution is -0.263. The first kappa shape index (κ1) is 26.1. The molecule has 0 radical (unpaired) electrons. The van der Waals surface area contributed by atoms with Crippen molar-refractivity contribution in [1.82, 2.24) is 5.32 Å². The van der Waals surface area contributed by atoms with Crippen LogP contribution in [-0.4, -0.2) is 57.9 Å². The van der Waals surface area contributed by atoms with Crippen molar-refractivity contribution in [3.05, 3.63) is 12.2 Å². The summed E-state index contributed by atoms with van der Waals surface area (Å²) in [5.41, 5.74) is 1.31. The Labute approximate surface area is 177 Å². The van der Waals surface area contributed by atoms with Gasteiger partial charge in [0.25, 0.3) is 0 Å². The smallest absolute Gasteiger partial charge is 0.225 e. The summed E-state index contributed by atoms with van der Waals surface area (Å²) >= 11 is 0. The molecule has 2 fully saturated rings. The van der Waals surface area contributed by atoms with Gasteiger partial charge in [-0.1, -0.05) is 39.8 Å². The number of carbonyl (C=O) groups excluding carboxylic acids is 1. The molecule has 170 valence electrons. The molecule has 29 heavy (non-hydrogen) atoms. The fourth-order valence-corrected chi connectivity index (χ4v) is 3.57. The van der Waals surface area contributed by atoms with E-state index in [1.807, 2.05) is 6.92 Å². The minimum absolute atomic E-state index is 0.0112. The predicted molar refractivity (Wildman–Crippen MR) is 116 cm³/mol. The van der Waals surface area contributed by atoms with Crippen LogP contribution in [-0.2, 0) is 23.7 Å². The summed E-state index contributed by atoms with van der Waals surface area (Å²) < 4.78 is 22.1. The maximum absolute atomic E-state index is 12.4. The molecule has 0 spiro atoms. The molecule has 1 N–H and O–H groups in total. The highest BCUT2D eigenvalue weighted by Crippen LogP contribution is 2.38. The Bertz CT molecular complexity index is 509. The van der Waals surface area contributed by atoms with Gasteiger partial charge >= 0.3 is 0 Å². The Morgan fingerprint density at radius 2 is 2.00 bits per heavy atom. The molecule has 4 atom stereocenters. The van der Waals surface area contributed by atoms with Gasteiger partial charge in [0.05, 0.1) is 25.2 Å². The van der Waals surface area contributed by atoms with Crippen LogP contribution in [0.1, 0.15) is 66.7 Å². The van der Waals surface area contributed by atoms with Crippen molar-refractivity contribution in [3.8, 4) is 0 Å². The fraction of sp³-hybridized carbons (Fsp3) is 0.870. The lowest BCUT2D eigenvalue weighted by Crippen LogP contribution is -2.49. The maximum Gasteiger partial charge on any atom is 0.225 e. The number of methoxy groups -OCH3 is 2. The number of amides is 1. The minimum atomic E-state index is -0.900. The van der Waals surface area contributed by atoms with Gasteiger partial charge in [0, 0.05) is 39.7 Å². The highest BCUT2D eigenvalue weighted by Gasteiger charge is 2.42. The van der Waals surface area contributed by atoms with E-state index in [9.17, 15) is 4.79 Å². The van der Waals surface area contributed by atoms with E-state index in [1.165, 1.54) is 0 Å². The molecule has 0 aromatic heterocycles. The average Bonchev–Trinajstić information content (AvgIpc) is 2.66. The molecular weight excluding hydrogens is 370 g/mol. The van der Waals surface area contributed by atoms with Gasteiger partial charge in [-0.05, 0) is 31.6 Å². The third kappa shape index (κ3) is 8.75.